The van der Waals surface area contributed by atoms with E-state index in [1.54, 1.807) is 11.6 Å². The lowest BCUT2D eigenvalue weighted by Crippen LogP contribution is -2.25. The molecule has 1 aliphatic heterocycles. The second-order valence-corrected chi connectivity index (χ2v) is 6.25. The summed E-state index contributed by atoms with van der Waals surface area (Å²) in [7, 11) is -2.90. The van der Waals surface area contributed by atoms with Crippen molar-refractivity contribution in [1.82, 2.24) is 19.5 Å². The first-order chi connectivity index (χ1) is 10.9. The lowest BCUT2D eigenvalue weighted by atomic mass is 10.2. The third kappa shape index (κ3) is 3.34. The largest absolute Gasteiger partial charge is 0.469 e. The summed E-state index contributed by atoms with van der Waals surface area (Å²) in [6.45, 7) is -0.411. The molecule has 0 amide bonds. The second kappa shape index (κ2) is 6.11. The molecule has 126 valence electrons. The molecule has 0 bridgehead atoms. The molecular weight excluding hydrogens is 329 g/mol. The molecule has 0 radical (unpaired) electrons. The predicted molar refractivity (Wildman–Crippen MR) is 77.4 cm³/mol. The first-order valence-corrected chi connectivity index (χ1v) is 8.31. The second-order valence-electron chi connectivity index (χ2n) is 5.01. The highest BCUT2D eigenvalue weighted by Crippen LogP contribution is 2.38. The van der Waals surface area contributed by atoms with Gasteiger partial charge in [-0.3, -0.25) is 9.09 Å². The number of fused-ring (bicyclic) bond motifs is 1. The molecule has 0 aromatic carbocycles. The number of hydrogen-bond acceptors (Lipinski definition) is 8. The van der Waals surface area contributed by atoms with Gasteiger partial charge >= 0.3 is 7.82 Å². The van der Waals surface area contributed by atoms with Crippen LogP contribution in [-0.4, -0.2) is 60.3 Å². The van der Waals surface area contributed by atoms with Crippen molar-refractivity contribution in [3.8, 4) is 0 Å². The molecule has 2 aromatic rings. The molecule has 3 atom stereocenters. The average Bonchev–Trinajstić information content (AvgIpc) is 3.07. The first kappa shape index (κ1) is 16.2. The molecule has 23 heavy (non-hydrogen) atoms. The van der Waals surface area contributed by atoms with Crippen molar-refractivity contribution in [2.45, 2.75) is 24.9 Å². The van der Waals surface area contributed by atoms with E-state index < -0.39 is 32.9 Å². The number of hydrogen-bond donors (Lipinski definition) is 4. The third-order valence-corrected chi connectivity index (χ3v) is 4.00. The SMILES string of the molecule is CNc1ncnc2c1ncn2[C@H]1C[C@H](O)[C@@H](COP(=O)(O)O)O1. The van der Waals surface area contributed by atoms with E-state index >= 15 is 0 Å². The molecule has 0 spiro atoms. The summed E-state index contributed by atoms with van der Waals surface area (Å²) in [6, 6.07) is 0. The fourth-order valence-corrected chi connectivity index (χ4v) is 2.79. The molecule has 0 saturated carbocycles. The molecule has 0 unspecified atom stereocenters. The van der Waals surface area contributed by atoms with Gasteiger partial charge in [0.1, 0.15) is 24.2 Å². The van der Waals surface area contributed by atoms with Crippen LogP contribution < -0.4 is 5.32 Å². The normalized spacial score (nSPS) is 25.1. The van der Waals surface area contributed by atoms with Gasteiger partial charge in [-0.15, -0.1) is 0 Å². The zero-order chi connectivity index (χ0) is 16.6. The Kier molecular flexibility index (Phi) is 4.32. The number of phosphoric ester groups is 1. The van der Waals surface area contributed by atoms with E-state index in [1.165, 1.54) is 12.7 Å². The van der Waals surface area contributed by atoms with Crippen LogP contribution in [-0.2, 0) is 13.8 Å². The molecule has 11 nitrogen and oxygen atoms in total. The van der Waals surface area contributed by atoms with Crippen molar-refractivity contribution in [3.05, 3.63) is 12.7 Å². The third-order valence-electron chi connectivity index (χ3n) is 3.52. The van der Waals surface area contributed by atoms with Crippen LogP contribution in [0.1, 0.15) is 12.6 Å². The number of nitrogens with zero attached hydrogens (tertiary/aromatic N) is 4. The maximum atomic E-state index is 10.7. The van der Waals surface area contributed by atoms with E-state index in [0.717, 1.165) is 0 Å². The molecule has 3 heterocycles. The van der Waals surface area contributed by atoms with E-state index in [1.807, 2.05) is 0 Å². The van der Waals surface area contributed by atoms with Crippen molar-refractivity contribution in [2.24, 2.45) is 0 Å². The molecule has 12 heteroatoms. The number of aliphatic hydroxyl groups is 1. The Hall–Kier alpha value is -1.62. The van der Waals surface area contributed by atoms with Crippen LogP contribution in [0.2, 0.25) is 0 Å². The number of nitrogens with one attached hydrogen (secondary N) is 1. The molecule has 4 N–H and O–H groups in total. The Balaban J connectivity index is 1.80. The Bertz CT molecular complexity index is 748. The summed E-state index contributed by atoms with van der Waals surface area (Å²) < 4.78 is 22.4. The highest BCUT2D eigenvalue weighted by atomic mass is 31.2. The highest BCUT2D eigenvalue weighted by Gasteiger charge is 2.37. The number of phosphoric acid groups is 1. The van der Waals surface area contributed by atoms with Crippen molar-refractivity contribution in [2.75, 3.05) is 19.0 Å². The van der Waals surface area contributed by atoms with Gasteiger partial charge in [-0.2, -0.15) is 0 Å². The van der Waals surface area contributed by atoms with E-state index in [4.69, 9.17) is 14.5 Å². The lowest BCUT2D eigenvalue weighted by molar-refractivity contribution is -0.0424. The monoisotopic (exact) mass is 345 g/mol. The molecular formula is C11H16N5O6P. The molecule has 0 aliphatic carbocycles. The number of ether oxygens (including phenoxy) is 1. The molecule has 3 rings (SSSR count). The van der Waals surface area contributed by atoms with Gasteiger partial charge in [0.25, 0.3) is 0 Å². The zero-order valence-electron chi connectivity index (χ0n) is 12.1. The maximum absolute atomic E-state index is 10.7. The van der Waals surface area contributed by atoms with Gasteiger partial charge in [0, 0.05) is 13.5 Å². The van der Waals surface area contributed by atoms with Crippen molar-refractivity contribution >= 4 is 24.8 Å². The summed E-state index contributed by atoms with van der Waals surface area (Å²) in [4.78, 5) is 29.9. The van der Waals surface area contributed by atoms with Gasteiger partial charge in [-0.1, -0.05) is 0 Å². The Morgan fingerprint density at radius 2 is 2.26 bits per heavy atom. The minimum absolute atomic E-state index is 0.222. The maximum Gasteiger partial charge on any atom is 0.469 e. The standard InChI is InChI=1S/C11H16N5O6P/c1-12-10-9-11(14-4-13-10)16(5-15-9)8-2-6(17)7(22-8)3-21-23(18,19)20/h4-8,17H,2-3H2,1H3,(H,12,13,14)(H2,18,19,20)/t6-,7+,8+/m0/s1. The zero-order valence-corrected chi connectivity index (χ0v) is 13.0. The van der Waals surface area contributed by atoms with Crippen LogP contribution in [0, 0.1) is 0 Å². The van der Waals surface area contributed by atoms with E-state index in [9.17, 15) is 9.67 Å². The Labute approximate surface area is 130 Å². The fourth-order valence-electron chi connectivity index (χ4n) is 2.45. The quantitative estimate of drug-likeness (QED) is 0.528. The summed E-state index contributed by atoms with van der Waals surface area (Å²) in [5, 5.41) is 12.9. The van der Waals surface area contributed by atoms with Crippen LogP contribution >= 0.6 is 7.82 Å². The number of aromatic nitrogens is 4. The van der Waals surface area contributed by atoms with E-state index in [0.29, 0.717) is 17.0 Å². The van der Waals surface area contributed by atoms with Gasteiger partial charge in [0.15, 0.2) is 11.5 Å². The first-order valence-electron chi connectivity index (χ1n) is 6.78. The summed E-state index contributed by atoms with van der Waals surface area (Å²) >= 11 is 0. The number of aliphatic hydroxyl groups excluding tert-OH is 1. The molecule has 1 saturated heterocycles. The van der Waals surface area contributed by atoms with Gasteiger partial charge in [0.05, 0.1) is 19.0 Å². The molecule has 1 aliphatic rings. The Morgan fingerprint density at radius 3 is 2.96 bits per heavy atom. The lowest BCUT2D eigenvalue weighted by Gasteiger charge is -2.16. The van der Waals surface area contributed by atoms with Gasteiger partial charge in [-0.05, 0) is 0 Å². The Morgan fingerprint density at radius 1 is 1.48 bits per heavy atom. The van der Waals surface area contributed by atoms with Gasteiger partial charge < -0.3 is 24.9 Å². The number of rotatable bonds is 5. The minimum atomic E-state index is -4.61. The topological polar surface area (TPSA) is 152 Å². The van der Waals surface area contributed by atoms with E-state index in [-0.39, 0.29) is 6.42 Å². The number of imidazole rings is 1. The summed E-state index contributed by atoms with van der Waals surface area (Å²) in [6.07, 6.45) is 0.778. The molecule has 1 fully saturated rings. The van der Waals surface area contributed by atoms with Crippen molar-refractivity contribution in [3.63, 3.8) is 0 Å². The summed E-state index contributed by atoms with van der Waals surface area (Å²) in [5.74, 6) is 0.564. The van der Waals surface area contributed by atoms with Gasteiger partial charge in [0.2, 0.25) is 0 Å². The van der Waals surface area contributed by atoms with Crippen LogP contribution in [0.15, 0.2) is 12.7 Å². The van der Waals surface area contributed by atoms with Crippen molar-refractivity contribution in [1.29, 1.82) is 0 Å². The van der Waals surface area contributed by atoms with Crippen LogP contribution in [0.25, 0.3) is 11.2 Å². The van der Waals surface area contributed by atoms with E-state index in [2.05, 4.69) is 24.8 Å². The van der Waals surface area contributed by atoms with Crippen LogP contribution in [0.3, 0.4) is 0 Å². The average molecular weight is 345 g/mol. The van der Waals surface area contributed by atoms with Crippen molar-refractivity contribution < 1.29 is 28.7 Å². The predicted octanol–water partition coefficient (Wildman–Crippen LogP) is -0.374. The number of anilines is 1. The van der Waals surface area contributed by atoms with Crippen LogP contribution in [0.4, 0.5) is 5.82 Å². The minimum Gasteiger partial charge on any atom is -0.390 e. The smallest absolute Gasteiger partial charge is 0.390 e. The summed E-state index contributed by atoms with van der Waals surface area (Å²) in [5.41, 5.74) is 1.08. The van der Waals surface area contributed by atoms with Crippen LogP contribution in [0.5, 0.6) is 0 Å². The highest BCUT2D eigenvalue weighted by molar-refractivity contribution is 7.46. The fraction of sp³-hybridized carbons (Fsp3) is 0.545. The van der Waals surface area contributed by atoms with Gasteiger partial charge in [-0.25, -0.2) is 19.5 Å². The molecule has 2 aromatic heterocycles.